The van der Waals surface area contributed by atoms with Gasteiger partial charge in [0.1, 0.15) is 6.61 Å². The number of amides is 1. The van der Waals surface area contributed by atoms with Gasteiger partial charge in [-0.05, 0) is 42.7 Å². The van der Waals surface area contributed by atoms with Crippen LogP contribution in [0.3, 0.4) is 0 Å². The summed E-state index contributed by atoms with van der Waals surface area (Å²) in [6.45, 7) is 0.848. The molecule has 1 aliphatic carbocycles. The maximum absolute atomic E-state index is 11.7. The lowest BCUT2D eigenvalue weighted by Gasteiger charge is -2.27. The number of carbonyl (C=O) groups excluding carboxylic acids is 1. The van der Waals surface area contributed by atoms with Gasteiger partial charge in [0.2, 0.25) is 0 Å². The number of hydrogen-bond donors (Lipinski definition) is 1. The highest BCUT2D eigenvalue weighted by Gasteiger charge is 2.22. The molecule has 1 aromatic rings. The fourth-order valence-corrected chi connectivity index (χ4v) is 2.57. The van der Waals surface area contributed by atoms with Crippen LogP contribution < -0.4 is 5.32 Å². The van der Waals surface area contributed by atoms with E-state index in [1.807, 2.05) is 30.3 Å². The maximum Gasteiger partial charge on any atom is 0.407 e. The number of benzene rings is 1. The van der Waals surface area contributed by atoms with Crippen LogP contribution in [0.1, 0.15) is 31.2 Å². The smallest absolute Gasteiger partial charge is 0.407 e. The summed E-state index contributed by atoms with van der Waals surface area (Å²) >= 11 is 0. The molecule has 1 N–H and O–H groups in total. The Balaban J connectivity index is 1.66. The molecule has 1 amide bonds. The van der Waals surface area contributed by atoms with Crippen molar-refractivity contribution in [3.8, 4) is 0 Å². The van der Waals surface area contributed by atoms with Gasteiger partial charge in [-0.25, -0.2) is 4.79 Å². The first-order chi connectivity index (χ1) is 10.3. The van der Waals surface area contributed by atoms with Crippen molar-refractivity contribution in [2.75, 3.05) is 6.54 Å². The number of hydrogen-bond acceptors (Lipinski definition) is 3. The van der Waals surface area contributed by atoms with Crippen LogP contribution in [0.25, 0.3) is 10.4 Å². The highest BCUT2D eigenvalue weighted by Crippen LogP contribution is 2.24. The van der Waals surface area contributed by atoms with Crippen LogP contribution in [-0.4, -0.2) is 18.7 Å². The van der Waals surface area contributed by atoms with Gasteiger partial charge in [0, 0.05) is 17.5 Å². The first-order valence-corrected chi connectivity index (χ1v) is 7.26. The van der Waals surface area contributed by atoms with Crippen LogP contribution in [0.5, 0.6) is 0 Å². The van der Waals surface area contributed by atoms with Crippen molar-refractivity contribution in [3.63, 3.8) is 0 Å². The molecule has 112 valence electrons. The van der Waals surface area contributed by atoms with Gasteiger partial charge in [0.25, 0.3) is 0 Å². The first-order valence-electron chi connectivity index (χ1n) is 7.26. The molecule has 1 fully saturated rings. The second kappa shape index (κ2) is 8.17. The van der Waals surface area contributed by atoms with E-state index >= 15 is 0 Å². The zero-order valence-corrected chi connectivity index (χ0v) is 11.9. The summed E-state index contributed by atoms with van der Waals surface area (Å²) in [4.78, 5) is 14.5. The van der Waals surface area contributed by atoms with E-state index in [1.54, 1.807) is 0 Å². The highest BCUT2D eigenvalue weighted by molar-refractivity contribution is 5.67. The predicted molar refractivity (Wildman–Crippen MR) is 79.5 cm³/mol. The van der Waals surface area contributed by atoms with Gasteiger partial charge in [-0.3, -0.25) is 0 Å². The van der Waals surface area contributed by atoms with Crippen molar-refractivity contribution in [2.45, 2.75) is 38.3 Å². The van der Waals surface area contributed by atoms with Gasteiger partial charge >= 0.3 is 6.09 Å². The number of ether oxygens (including phenoxy) is 1. The van der Waals surface area contributed by atoms with Gasteiger partial charge in [-0.1, -0.05) is 35.4 Å². The van der Waals surface area contributed by atoms with Crippen LogP contribution in [0, 0.1) is 5.92 Å². The molecule has 0 aliphatic heterocycles. The SMILES string of the molecule is [N-]=[N+]=NCC1CCC(NC(=O)OCc2ccccc2)CC1. The molecule has 0 aromatic heterocycles. The number of nitrogens with one attached hydrogen (secondary N) is 1. The lowest BCUT2D eigenvalue weighted by Crippen LogP contribution is -2.38. The van der Waals surface area contributed by atoms with E-state index in [0.29, 0.717) is 19.1 Å². The highest BCUT2D eigenvalue weighted by atomic mass is 16.5. The van der Waals surface area contributed by atoms with Crippen LogP contribution in [-0.2, 0) is 11.3 Å². The summed E-state index contributed by atoms with van der Waals surface area (Å²) in [6, 6.07) is 9.78. The van der Waals surface area contributed by atoms with Crippen LogP contribution in [0.15, 0.2) is 35.4 Å². The molecule has 0 heterocycles. The zero-order chi connectivity index (χ0) is 14.9. The Morgan fingerprint density at radius 2 is 2.00 bits per heavy atom. The Kier molecular flexibility index (Phi) is 5.91. The molecule has 21 heavy (non-hydrogen) atoms. The molecule has 0 atom stereocenters. The molecular formula is C15H20N4O2. The third-order valence-electron chi connectivity index (χ3n) is 3.78. The quantitative estimate of drug-likeness (QED) is 0.507. The zero-order valence-electron chi connectivity index (χ0n) is 11.9. The number of alkyl carbamates (subject to hydrolysis) is 1. The fourth-order valence-electron chi connectivity index (χ4n) is 2.57. The molecule has 1 aromatic carbocycles. The molecule has 1 aliphatic rings. The number of carbonyl (C=O) groups is 1. The summed E-state index contributed by atoms with van der Waals surface area (Å²) in [7, 11) is 0. The molecule has 2 rings (SSSR count). The molecule has 0 unspecified atom stereocenters. The van der Waals surface area contributed by atoms with Gasteiger partial charge in [-0.15, -0.1) is 0 Å². The van der Waals surface area contributed by atoms with E-state index in [2.05, 4.69) is 15.3 Å². The lowest BCUT2D eigenvalue weighted by atomic mass is 9.86. The topological polar surface area (TPSA) is 87.1 Å². The number of azide groups is 1. The number of rotatable bonds is 5. The van der Waals surface area contributed by atoms with E-state index < -0.39 is 0 Å². The Morgan fingerprint density at radius 1 is 1.29 bits per heavy atom. The normalized spacial score (nSPS) is 21.1. The van der Waals surface area contributed by atoms with Crippen LogP contribution in [0.2, 0.25) is 0 Å². The van der Waals surface area contributed by atoms with Crippen LogP contribution >= 0.6 is 0 Å². The van der Waals surface area contributed by atoms with Crippen molar-refractivity contribution >= 4 is 6.09 Å². The second-order valence-corrected chi connectivity index (χ2v) is 5.34. The minimum absolute atomic E-state index is 0.163. The van der Waals surface area contributed by atoms with E-state index in [1.165, 1.54) is 0 Å². The third kappa shape index (κ3) is 5.36. The average Bonchev–Trinajstić information content (AvgIpc) is 2.53. The predicted octanol–water partition coefficient (Wildman–Crippen LogP) is 3.78. The molecule has 1 saturated carbocycles. The Bertz CT molecular complexity index is 492. The van der Waals surface area contributed by atoms with Crippen molar-refractivity contribution in [2.24, 2.45) is 11.0 Å². The third-order valence-corrected chi connectivity index (χ3v) is 3.78. The first kappa shape index (κ1) is 15.2. The van der Waals surface area contributed by atoms with E-state index in [-0.39, 0.29) is 12.1 Å². The van der Waals surface area contributed by atoms with E-state index in [4.69, 9.17) is 10.3 Å². The summed E-state index contributed by atoms with van der Waals surface area (Å²) in [5, 5.41) is 6.51. The molecule has 0 radical (unpaired) electrons. The van der Waals surface area contributed by atoms with E-state index in [0.717, 1.165) is 31.2 Å². The molecule has 0 saturated heterocycles. The minimum Gasteiger partial charge on any atom is -0.445 e. The largest absolute Gasteiger partial charge is 0.445 e. The summed E-state index contributed by atoms with van der Waals surface area (Å²) < 4.78 is 5.21. The minimum atomic E-state index is -0.364. The summed E-state index contributed by atoms with van der Waals surface area (Å²) in [5.74, 6) is 0.444. The molecule has 0 spiro atoms. The monoisotopic (exact) mass is 288 g/mol. The average molecular weight is 288 g/mol. The van der Waals surface area contributed by atoms with Crippen molar-refractivity contribution in [3.05, 3.63) is 46.3 Å². The second-order valence-electron chi connectivity index (χ2n) is 5.34. The molecular weight excluding hydrogens is 268 g/mol. The Hall–Kier alpha value is -2.20. The standard InChI is InChI=1S/C15H20N4O2/c16-19-17-10-12-6-8-14(9-7-12)18-15(20)21-11-13-4-2-1-3-5-13/h1-5,12,14H,6-11H2,(H,18,20). The van der Waals surface area contributed by atoms with E-state index in [9.17, 15) is 4.79 Å². The summed E-state index contributed by atoms with van der Waals surface area (Å²) in [5.41, 5.74) is 9.28. The molecule has 0 bridgehead atoms. The Morgan fingerprint density at radius 3 is 2.67 bits per heavy atom. The van der Waals surface area contributed by atoms with Crippen molar-refractivity contribution in [1.82, 2.24) is 5.32 Å². The molecule has 6 heteroatoms. The van der Waals surface area contributed by atoms with Gasteiger partial charge in [0.15, 0.2) is 0 Å². The van der Waals surface area contributed by atoms with Crippen molar-refractivity contribution < 1.29 is 9.53 Å². The van der Waals surface area contributed by atoms with Crippen molar-refractivity contribution in [1.29, 1.82) is 0 Å². The molecule has 6 nitrogen and oxygen atoms in total. The number of nitrogens with zero attached hydrogens (tertiary/aromatic N) is 3. The van der Waals surface area contributed by atoms with Gasteiger partial charge in [0.05, 0.1) is 0 Å². The fraction of sp³-hybridized carbons (Fsp3) is 0.533. The van der Waals surface area contributed by atoms with Gasteiger partial charge in [-0.2, -0.15) is 0 Å². The lowest BCUT2D eigenvalue weighted by molar-refractivity contribution is 0.131. The summed E-state index contributed by atoms with van der Waals surface area (Å²) in [6.07, 6.45) is 3.40. The van der Waals surface area contributed by atoms with Gasteiger partial charge < -0.3 is 10.1 Å². The van der Waals surface area contributed by atoms with Crippen LogP contribution in [0.4, 0.5) is 4.79 Å². The maximum atomic E-state index is 11.7. The Labute approximate surface area is 124 Å².